The molecule has 1 aromatic heterocycles. The Morgan fingerprint density at radius 1 is 1.07 bits per heavy atom. The summed E-state index contributed by atoms with van der Waals surface area (Å²) in [6.45, 7) is 0. The number of aromatic amines is 1. The summed E-state index contributed by atoms with van der Waals surface area (Å²) >= 11 is 0. The number of aromatic nitrogens is 2. The molecule has 0 saturated heterocycles. The molecule has 0 aliphatic carbocycles. The van der Waals surface area contributed by atoms with Crippen LogP contribution < -0.4 is 10.9 Å². The first-order valence-corrected chi connectivity index (χ1v) is 8.57. The van der Waals surface area contributed by atoms with Crippen LogP contribution in [0, 0.1) is 0 Å². The number of carbonyl (C=O) groups is 2. The molecule has 0 aliphatic heterocycles. The molecule has 2 aromatic carbocycles. The lowest BCUT2D eigenvalue weighted by Crippen LogP contribution is -2.42. The Hall–Kier alpha value is -3.48. The van der Waals surface area contributed by atoms with Gasteiger partial charge >= 0.3 is 5.97 Å². The number of H-pyrrole nitrogens is 1. The second kappa shape index (κ2) is 8.27. The molecule has 138 valence electrons. The van der Waals surface area contributed by atoms with Gasteiger partial charge in [0.2, 0.25) is 5.91 Å². The number of para-hydroxylation sites is 2. The Kier molecular flexibility index (Phi) is 5.61. The van der Waals surface area contributed by atoms with E-state index in [-0.39, 0.29) is 30.5 Å². The molecule has 7 heteroatoms. The van der Waals surface area contributed by atoms with Crippen LogP contribution in [-0.4, -0.2) is 33.0 Å². The highest BCUT2D eigenvalue weighted by Gasteiger charge is 2.20. The average Bonchev–Trinajstić information content (AvgIpc) is 2.66. The zero-order valence-corrected chi connectivity index (χ0v) is 14.5. The Morgan fingerprint density at radius 2 is 1.78 bits per heavy atom. The third-order valence-electron chi connectivity index (χ3n) is 4.17. The zero-order valence-electron chi connectivity index (χ0n) is 14.5. The van der Waals surface area contributed by atoms with Gasteiger partial charge in [0.05, 0.1) is 11.0 Å². The van der Waals surface area contributed by atoms with Crippen molar-refractivity contribution in [2.75, 3.05) is 0 Å². The summed E-state index contributed by atoms with van der Waals surface area (Å²) in [4.78, 5) is 42.7. The maximum atomic E-state index is 12.2. The van der Waals surface area contributed by atoms with Gasteiger partial charge in [-0.1, -0.05) is 42.5 Å². The monoisotopic (exact) mass is 365 g/mol. The highest BCUT2D eigenvalue weighted by Crippen LogP contribution is 2.07. The van der Waals surface area contributed by atoms with Gasteiger partial charge in [-0.2, -0.15) is 0 Å². The number of nitrogens with zero attached hydrogens (tertiary/aromatic N) is 1. The molecular weight excluding hydrogens is 346 g/mol. The quantitative estimate of drug-likeness (QED) is 0.590. The number of carboxylic acid groups (broad SMARTS) is 1. The first-order chi connectivity index (χ1) is 13.0. The first-order valence-electron chi connectivity index (χ1n) is 8.57. The predicted molar refractivity (Wildman–Crippen MR) is 100 cm³/mol. The number of aryl methyl sites for hydroxylation is 1. The fourth-order valence-electron chi connectivity index (χ4n) is 2.79. The van der Waals surface area contributed by atoms with E-state index in [0.29, 0.717) is 11.0 Å². The number of hydrogen-bond donors (Lipinski definition) is 3. The average molecular weight is 365 g/mol. The van der Waals surface area contributed by atoms with Gasteiger partial charge in [-0.25, -0.2) is 9.78 Å². The third kappa shape index (κ3) is 4.78. The molecule has 0 saturated carbocycles. The predicted octanol–water partition coefficient (Wildman–Crippen LogP) is 1.67. The van der Waals surface area contributed by atoms with Gasteiger partial charge in [-0.15, -0.1) is 0 Å². The lowest BCUT2D eigenvalue weighted by molar-refractivity contribution is -0.141. The van der Waals surface area contributed by atoms with E-state index in [2.05, 4.69) is 15.3 Å². The van der Waals surface area contributed by atoms with E-state index in [4.69, 9.17) is 0 Å². The maximum absolute atomic E-state index is 12.2. The van der Waals surface area contributed by atoms with Crippen molar-refractivity contribution in [2.45, 2.75) is 25.3 Å². The Morgan fingerprint density at radius 3 is 2.52 bits per heavy atom. The minimum atomic E-state index is -1.10. The number of fused-ring (bicyclic) bond motifs is 1. The summed E-state index contributed by atoms with van der Waals surface area (Å²) in [5.74, 6) is -1.54. The van der Waals surface area contributed by atoms with Crippen LogP contribution in [0.15, 0.2) is 59.4 Å². The minimum Gasteiger partial charge on any atom is -0.480 e. The summed E-state index contributed by atoms with van der Waals surface area (Å²) in [6, 6.07) is 15.2. The van der Waals surface area contributed by atoms with E-state index in [1.165, 1.54) is 0 Å². The highest BCUT2D eigenvalue weighted by molar-refractivity contribution is 5.84. The van der Waals surface area contributed by atoms with E-state index < -0.39 is 17.9 Å². The van der Waals surface area contributed by atoms with Crippen molar-refractivity contribution in [3.8, 4) is 0 Å². The van der Waals surface area contributed by atoms with Crippen molar-refractivity contribution in [1.82, 2.24) is 15.3 Å². The fourth-order valence-corrected chi connectivity index (χ4v) is 2.79. The summed E-state index contributed by atoms with van der Waals surface area (Å²) < 4.78 is 0. The van der Waals surface area contributed by atoms with Crippen molar-refractivity contribution in [1.29, 1.82) is 0 Å². The SMILES string of the molecule is O=C(CCc1nc2ccccc2[nH]c1=O)N[C@H](Cc1ccccc1)C(=O)O. The van der Waals surface area contributed by atoms with E-state index in [9.17, 15) is 19.5 Å². The van der Waals surface area contributed by atoms with Gasteiger partial charge in [0.25, 0.3) is 5.56 Å². The number of amides is 1. The molecule has 3 rings (SSSR count). The molecule has 0 fully saturated rings. The van der Waals surface area contributed by atoms with Crippen molar-refractivity contribution in [3.63, 3.8) is 0 Å². The number of aliphatic carboxylic acids is 1. The number of benzene rings is 2. The van der Waals surface area contributed by atoms with Gasteiger partial charge < -0.3 is 15.4 Å². The molecule has 1 amide bonds. The van der Waals surface area contributed by atoms with Gasteiger partial charge in [-0.3, -0.25) is 9.59 Å². The van der Waals surface area contributed by atoms with Gasteiger partial charge in [0.15, 0.2) is 0 Å². The lowest BCUT2D eigenvalue weighted by Gasteiger charge is -2.14. The van der Waals surface area contributed by atoms with Crippen LogP contribution in [0.5, 0.6) is 0 Å². The number of carboxylic acids is 1. The second-order valence-electron chi connectivity index (χ2n) is 6.18. The third-order valence-corrected chi connectivity index (χ3v) is 4.17. The normalized spacial score (nSPS) is 11.9. The van der Waals surface area contributed by atoms with Crippen molar-refractivity contribution in [2.24, 2.45) is 0 Å². The molecule has 0 bridgehead atoms. The van der Waals surface area contributed by atoms with E-state index in [1.807, 2.05) is 24.3 Å². The Labute approximate surface area is 155 Å². The van der Waals surface area contributed by atoms with Gasteiger partial charge in [-0.05, 0) is 17.7 Å². The van der Waals surface area contributed by atoms with E-state index in [0.717, 1.165) is 5.56 Å². The molecule has 1 atom stereocenters. The molecule has 3 aromatic rings. The largest absolute Gasteiger partial charge is 0.480 e. The van der Waals surface area contributed by atoms with Crippen LogP contribution >= 0.6 is 0 Å². The van der Waals surface area contributed by atoms with Crippen molar-refractivity contribution >= 4 is 22.9 Å². The second-order valence-corrected chi connectivity index (χ2v) is 6.18. The number of hydrogen-bond acceptors (Lipinski definition) is 4. The molecule has 3 N–H and O–H groups in total. The lowest BCUT2D eigenvalue weighted by atomic mass is 10.1. The minimum absolute atomic E-state index is 0.0208. The van der Waals surface area contributed by atoms with Crippen LogP contribution in [-0.2, 0) is 22.4 Å². The number of carbonyl (C=O) groups excluding carboxylic acids is 1. The van der Waals surface area contributed by atoms with Gasteiger partial charge in [0.1, 0.15) is 11.7 Å². The van der Waals surface area contributed by atoms with Crippen LogP contribution in [0.4, 0.5) is 0 Å². The van der Waals surface area contributed by atoms with Crippen LogP contribution in [0.3, 0.4) is 0 Å². The van der Waals surface area contributed by atoms with Gasteiger partial charge in [0, 0.05) is 19.3 Å². The molecule has 0 spiro atoms. The molecule has 0 radical (unpaired) electrons. The van der Waals surface area contributed by atoms with Crippen LogP contribution in [0.25, 0.3) is 11.0 Å². The topological polar surface area (TPSA) is 112 Å². The molecule has 27 heavy (non-hydrogen) atoms. The van der Waals surface area contributed by atoms with Crippen LogP contribution in [0.1, 0.15) is 17.7 Å². The smallest absolute Gasteiger partial charge is 0.326 e. The standard InChI is InChI=1S/C20H19N3O4/c24-18(22-17(20(26)27)12-13-6-2-1-3-7-13)11-10-16-19(25)23-15-9-5-4-8-14(15)21-16/h1-9,17H,10-12H2,(H,22,24)(H,23,25)(H,26,27)/t17-/m1/s1. The first kappa shape index (κ1) is 18.3. The van der Waals surface area contributed by atoms with Crippen LogP contribution in [0.2, 0.25) is 0 Å². The number of nitrogens with one attached hydrogen (secondary N) is 2. The van der Waals surface area contributed by atoms with E-state index >= 15 is 0 Å². The van der Waals surface area contributed by atoms with Crippen molar-refractivity contribution < 1.29 is 14.7 Å². The summed E-state index contributed by atoms with van der Waals surface area (Å²) in [7, 11) is 0. The summed E-state index contributed by atoms with van der Waals surface area (Å²) in [5, 5.41) is 11.9. The molecule has 1 heterocycles. The zero-order chi connectivity index (χ0) is 19.2. The fraction of sp³-hybridized carbons (Fsp3) is 0.200. The molecule has 0 unspecified atom stereocenters. The molecular formula is C20H19N3O4. The highest BCUT2D eigenvalue weighted by atomic mass is 16.4. The Bertz CT molecular complexity index is 1010. The maximum Gasteiger partial charge on any atom is 0.326 e. The number of rotatable bonds is 7. The summed E-state index contributed by atoms with van der Waals surface area (Å²) in [5.41, 5.74) is 1.99. The molecule has 7 nitrogen and oxygen atoms in total. The van der Waals surface area contributed by atoms with E-state index in [1.54, 1.807) is 30.3 Å². The Balaban J connectivity index is 1.63. The summed E-state index contributed by atoms with van der Waals surface area (Å²) in [6.07, 6.45) is 0.299. The van der Waals surface area contributed by atoms with Crippen molar-refractivity contribution in [3.05, 3.63) is 76.2 Å². The molecule has 0 aliphatic rings.